The highest BCUT2D eigenvalue weighted by atomic mass is 35.5. The number of piperazine rings is 1. The van der Waals surface area contributed by atoms with Crippen LogP contribution in [0.1, 0.15) is 15.9 Å². The monoisotopic (exact) mass is 553 g/mol. The highest BCUT2D eigenvalue weighted by molar-refractivity contribution is 7.89. The Morgan fingerprint density at radius 1 is 0.973 bits per heavy atom. The van der Waals surface area contributed by atoms with Crippen LogP contribution in [-0.2, 0) is 16.2 Å². The van der Waals surface area contributed by atoms with Gasteiger partial charge in [-0.1, -0.05) is 17.7 Å². The molecule has 1 saturated heterocycles. The summed E-state index contributed by atoms with van der Waals surface area (Å²) < 4.78 is 72.5. The fourth-order valence-corrected chi connectivity index (χ4v) is 5.53. The van der Waals surface area contributed by atoms with Crippen LogP contribution in [0, 0.1) is 0 Å². The first-order valence-corrected chi connectivity index (χ1v) is 13.0. The zero-order chi connectivity index (χ0) is 26.8. The number of sulfonamides is 1. The van der Waals surface area contributed by atoms with Gasteiger partial charge in [0.1, 0.15) is 5.75 Å². The van der Waals surface area contributed by atoms with E-state index in [1.165, 1.54) is 47.8 Å². The SMILES string of the molecule is COc1ccc(S(=O)(=O)N2CCN(c3cccc(C(F)(F)F)c3)CC2)cc1NC(=O)c1ccc(Cl)cc1. The number of nitrogens with one attached hydrogen (secondary N) is 1. The van der Waals surface area contributed by atoms with E-state index < -0.39 is 27.7 Å². The minimum Gasteiger partial charge on any atom is -0.495 e. The van der Waals surface area contributed by atoms with Crippen LogP contribution in [0.2, 0.25) is 5.02 Å². The molecule has 1 fully saturated rings. The average Bonchev–Trinajstić information content (AvgIpc) is 2.88. The van der Waals surface area contributed by atoms with Crippen LogP contribution < -0.4 is 15.0 Å². The van der Waals surface area contributed by atoms with Gasteiger partial charge in [-0.3, -0.25) is 4.79 Å². The fourth-order valence-electron chi connectivity index (χ4n) is 3.96. The molecule has 1 N–H and O–H groups in total. The highest BCUT2D eigenvalue weighted by Crippen LogP contribution is 2.33. The number of rotatable bonds is 6. The Morgan fingerprint density at radius 3 is 2.27 bits per heavy atom. The second kappa shape index (κ2) is 10.6. The second-order valence-electron chi connectivity index (χ2n) is 8.26. The van der Waals surface area contributed by atoms with Gasteiger partial charge in [0.15, 0.2) is 0 Å². The lowest BCUT2D eigenvalue weighted by molar-refractivity contribution is -0.137. The van der Waals surface area contributed by atoms with Gasteiger partial charge in [-0.2, -0.15) is 17.5 Å². The normalized spacial score (nSPS) is 14.9. The van der Waals surface area contributed by atoms with E-state index in [0.29, 0.717) is 16.3 Å². The molecule has 1 aliphatic heterocycles. The van der Waals surface area contributed by atoms with Gasteiger partial charge in [0.05, 0.1) is 23.3 Å². The zero-order valence-electron chi connectivity index (χ0n) is 19.6. The number of ether oxygens (including phenoxy) is 1. The number of carbonyl (C=O) groups excluding carboxylic acids is 1. The maximum absolute atomic E-state index is 13.4. The molecule has 37 heavy (non-hydrogen) atoms. The lowest BCUT2D eigenvalue weighted by Crippen LogP contribution is -2.48. The number of nitrogens with zero attached hydrogens (tertiary/aromatic N) is 2. The zero-order valence-corrected chi connectivity index (χ0v) is 21.2. The molecule has 3 aromatic carbocycles. The first-order chi connectivity index (χ1) is 17.5. The Bertz CT molecular complexity index is 1390. The molecule has 1 heterocycles. The van der Waals surface area contributed by atoms with Gasteiger partial charge < -0.3 is 15.0 Å². The summed E-state index contributed by atoms with van der Waals surface area (Å²) in [6.07, 6.45) is -4.46. The number of benzene rings is 3. The van der Waals surface area contributed by atoms with Crippen LogP contribution in [0.5, 0.6) is 5.75 Å². The second-order valence-corrected chi connectivity index (χ2v) is 10.6. The van der Waals surface area contributed by atoms with Crippen molar-refractivity contribution in [2.45, 2.75) is 11.1 Å². The van der Waals surface area contributed by atoms with E-state index in [4.69, 9.17) is 16.3 Å². The average molecular weight is 554 g/mol. The van der Waals surface area contributed by atoms with Crippen molar-refractivity contribution in [3.05, 3.63) is 82.9 Å². The van der Waals surface area contributed by atoms with E-state index >= 15 is 0 Å². The van der Waals surface area contributed by atoms with Crippen LogP contribution >= 0.6 is 11.6 Å². The van der Waals surface area contributed by atoms with Crippen molar-refractivity contribution in [3.8, 4) is 5.75 Å². The molecule has 0 aliphatic carbocycles. The van der Waals surface area contributed by atoms with Gasteiger partial charge in [-0.05, 0) is 60.7 Å². The summed E-state index contributed by atoms with van der Waals surface area (Å²) in [5.74, 6) is -0.199. The van der Waals surface area contributed by atoms with Gasteiger partial charge in [-0.15, -0.1) is 0 Å². The number of amides is 1. The molecular weight excluding hydrogens is 531 g/mol. The largest absolute Gasteiger partial charge is 0.495 e. The van der Waals surface area contributed by atoms with E-state index in [-0.39, 0.29) is 42.5 Å². The van der Waals surface area contributed by atoms with Crippen LogP contribution in [0.4, 0.5) is 24.5 Å². The van der Waals surface area contributed by atoms with Crippen molar-refractivity contribution in [2.75, 3.05) is 43.5 Å². The third-order valence-corrected chi connectivity index (χ3v) is 8.09. The Labute approximate surface area is 217 Å². The first-order valence-electron chi connectivity index (χ1n) is 11.2. The summed E-state index contributed by atoms with van der Waals surface area (Å²) in [5.41, 5.74) is 0.117. The summed E-state index contributed by atoms with van der Waals surface area (Å²) >= 11 is 5.87. The maximum atomic E-state index is 13.4. The molecule has 1 aliphatic rings. The van der Waals surface area contributed by atoms with Gasteiger partial charge >= 0.3 is 6.18 Å². The van der Waals surface area contributed by atoms with Crippen molar-refractivity contribution in [3.63, 3.8) is 0 Å². The predicted molar refractivity (Wildman–Crippen MR) is 135 cm³/mol. The third-order valence-electron chi connectivity index (χ3n) is 5.94. The third kappa shape index (κ3) is 6.00. The number of hydrogen-bond donors (Lipinski definition) is 1. The molecule has 0 radical (unpaired) electrons. The summed E-state index contributed by atoms with van der Waals surface area (Å²) in [7, 11) is -2.55. The van der Waals surface area contributed by atoms with Gasteiger partial charge in [0, 0.05) is 42.5 Å². The molecular formula is C25H23ClF3N3O4S. The molecule has 3 aromatic rings. The minimum absolute atomic E-state index is 0.0489. The summed E-state index contributed by atoms with van der Waals surface area (Å²) in [6.45, 7) is 0.599. The van der Waals surface area contributed by atoms with Crippen LogP contribution in [-0.4, -0.2) is 51.9 Å². The summed E-state index contributed by atoms with van der Waals surface area (Å²) in [5, 5.41) is 3.14. The first kappa shape index (κ1) is 26.8. The lowest BCUT2D eigenvalue weighted by Gasteiger charge is -2.35. The van der Waals surface area contributed by atoms with E-state index in [9.17, 15) is 26.4 Å². The van der Waals surface area contributed by atoms with Crippen molar-refractivity contribution in [2.24, 2.45) is 0 Å². The summed E-state index contributed by atoms with van der Waals surface area (Å²) in [6, 6.07) is 15.3. The van der Waals surface area contributed by atoms with E-state index in [2.05, 4.69) is 5.32 Å². The molecule has 1 amide bonds. The maximum Gasteiger partial charge on any atom is 0.416 e. The fraction of sp³-hybridized carbons (Fsp3) is 0.240. The Kier molecular flexibility index (Phi) is 7.67. The molecule has 12 heteroatoms. The van der Waals surface area contributed by atoms with Crippen molar-refractivity contribution < 1.29 is 31.1 Å². The molecule has 0 atom stereocenters. The van der Waals surface area contributed by atoms with E-state index in [0.717, 1.165) is 12.1 Å². The molecule has 196 valence electrons. The predicted octanol–water partition coefficient (Wildman–Crippen LogP) is 5.13. The number of anilines is 2. The van der Waals surface area contributed by atoms with Crippen molar-refractivity contribution >= 4 is 38.9 Å². The van der Waals surface area contributed by atoms with E-state index in [1.54, 1.807) is 23.1 Å². The van der Waals surface area contributed by atoms with Crippen LogP contribution in [0.25, 0.3) is 0 Å². The Balaban J connectivity index is 1.50. The molecule has 0 aromatic heterocycles. The van der Waals surface area contributed by atoms with Crippen LogP contribution in [0.15, 0.2) is 71.6 Å². The number of methoxy groups -OCH3 is 1. The molecule has 0 bridgehead atoms. The number of hydrogen-bond acceptors (Lipinski definition) is 5. The van der Waals surface area contributed by atoms with Gasteiger partial charge in [0.25, 0.3) is 5.91 Å². The Hall–Kier alpha value is -3.28. The standard InChI is InChI=1S/C25H23ClF3N3O4S/c1-36-23-10-9-21(16-22(23)30-24(33)17-5-7-19(26)8-6-17)37(34,35)32-13-11-31(12-14-32)20-4-2-3-18(15-20)25(27,28)29/h2-10,15-16H,11-14H2,1H3,(H,30,33). The minimum atomic E-state index is -4.46. The van der Waals surface area contributed by atoms with Crippen molar-refractivity contribution in [1.29, 1.82) is 0 Å². The topological polar surface area (TPSA) is 79.0 Å². The molecule has 7 nitrogen and oxygen atoms in total. The number of carbonyl (C=O) groups is 1. The quantitative estimate of drug-likeness (QED) is 0.458. The van der Waals surface area contributed by atoms with Crippen LogP contribution in [0.3, 0.4) is 0 Å². The van der Waals surface area contributed by atoms with Gasteiger partial charge in [0.2, 0.25) is 10.0 Å². The number of halogens is 4. The molecule has 4 rings (SSSR count). The van der Waals surface area contributed by atoms with Gasteiger partial charge in [-0.25, -0.2) is 8.42 Å². The van der Waals surface area contributed by atoms with Crippen molar-refractivity contribution in [1.82, 2.24) is 4.31 Å². The summed E-state index contributed by atoms with van der Waals surface area (Å²) in [4.78, 5) is 14.3. The Morgan fingerprint density at radius 2 is 1.65 bits per heavy atom. The molecule has 0 spiro atoms. The smallest absolute Gasteiger partial charge is 0.416 e. The lowest BCUT2D eigenvalue weighted by atomic mass is 10.1. The molecule has 0 unspecified atom stereocenters. The molecule has 0 saturated carbocycles. The van der Waals surface area contributed by atoms with E-state index in [1.807, 2.05) is 0 Å². The highest BCUT2D eigenvalue weighted by Gasteiger charge is 2.32. The number of alkyl halides is 3.